The molecule has 0 saturated carbocycles. The third-order valence-corrected chi connectivity index (χ3v) is 3.87. The van der Waals surface area contributed by atoms with Gasteiger partial charge in [0, 0.05) is 27.9 Å². The van der Waals surface area contributed by atoms with Crippen LogP contribution >= 0.6 is 11.6 Å². The molecule has 0 spiro atoms. The van der Waals surface area contributed by atoms with Gasteiger partial charge in [-0.05, 0) is 19.2 Å². The zero-order valence-corrected chi connectivity index (χ0v) is 12.3. The molecule has 1 amide bonds. The predicted octanol–water partition coefficient (Wildman–Crippen LogP) is 3.13. The first kappa shape index (κ1) is 13.9. The van der Waals surface area contributed by atoms with Crippen molar-refractivity contribution in [1.82, 2.24) is 5.32 Å². The van der Waals surface area contributed by atoms with E-state index < -0.39 is 0 Å². The summed E-state index contributed by atoms with van der Waals surface area (Å²) in [6, 6.07) is 12.9. The predicted molar refractivity (Wildman–Crippen MR) is 82.7 cm³/mol. The minimum atomic E-state index is -0.294. The van der Waals surface area contributed by atoms with Gasteiger partial charge in [-0.3, -0.25) is 4.79 Å². The highest BCUT2D eigenvalue weighted by atomic mass is 35.5. The van der Waals surface area contributed by atoms with Crippen LogP contribution in [0.4, 0.5) is 5.69 Å². The Morgan fingerprint density at radius 3 is 2.86 bits per heavy atom. The van der Waals surface area contributed by atoms with Crippen LogP contribution < -0.4 is 15.4 Å². The molecule has 108 valence electrons. The van der Waals surface area contributed by atoms with Gasteiger partial charge < -0.3 is 15.4 Å². The Balaban J connectivity index is 1.76. The Hall–Kier alpha value is -2.04. The lowest BCUT2D eigenvalue weighted by Crippen LogP contribution is -2.23. The first-order valence-electron chi connectivity index (χ1n) is 6.67. The molecule has 1 heterocycles. The lowest BCUT2D eigenvalue weighted by molar-refractivity contribution is -0.117. The Kier molecular flexibility index (Phi) is 3.82. The monoisotopic (exact) mass is 302 g/mol. The molecule has 2 aromatic rings. The first-order valence-corrected chi connectivity index (χ1v) is 7.05. The van der Waals surface area contributed by atoms with Crippen molar-refractivity contribution in [3.05, 3.63) is 58.6 Å². The number of benzene rings is 2. The fourth-order valence-electron chi connectivity index (χ4n) is 2.39. The molecule has 0 fully saturated rings. The lowest BCUT2D eigenvalue weighted by atomic mass is 10.1. The average Bonchev–Trinajstić information content (AvgIpc) is 2.80. The van der Waals surface area contributed by atoms with Crippen molar-refractivity contribution in [2.24, 2.45) is 0 Å². The van der Waals surface area contributed by atoms with Gasteiger partial charge in [0.25, 0.3) is 0 Å². The number of rotatable bonds is 4. The van der Waals surface area contributed by atoms with E-state index in [2.05, 4.69) is 10.6 Å². The van der Waals surface area contributed by atoms with E-state index in [-0.39, 0.29) is 11.9 Å². The number of anilines is 1. The van der Waals surface area contributed by atoms with Crippen LogP contribution in [0.25, 0.3) is 0 Å². The Morgan fingerprint density at radius 1 is 1.29 bits per heavy atom. The molecule has 0 radical (unpaired) electrons. The van der Waals surface area contributed by atoms with Gasteiger partial charge in [-0.25, -0.2) is 0 Å². The molecule has 0 saturated heterocycles. The Labute approximate surface area is 128 Å². The minimum Gasteiger partial charge on any atom is -0.489 e. The van der Waals surface area contributed by atoms with Crippen LogP contribution in [0.1, 0.15) is 17.2 Å². The molecule has 0 aromatic heterocycles. The lowest BCUT2D eigenvalue weighted by Gasteiger charge is -2.10. The maximum absolute atomic E-state index is 11.8. The van der Waals surface area contributed by atoms with Crippen molar-refractivity contribution < 1.29 is 9.53 Å². The fourth-order valence-corrected chi connectivity index (χ4v) is 2.58. The van der Waals surface area contributed by atoms with E-state index in [0.717, 1.165) is 16.8 Å². The largest absolute Gasteiger partial charge is 0.489 e. The zero-order chi connectivity index (χ0) is 14.8. The number of carbonyl (C=O) groups excluding carboxylic acids is 1. The van der Waals surface area contributed by atoms with E-state index in [1.807, 2.05) is 42.5 Å². The molecule has 1 aliphatic rings. The summed E-state index contributed by atoms with van der Waals surface area (Å²) in [6.45, 7) is 0.391. The Bertz CT molecular complexity index is 688. The highest BCUT2D eigenvalue weighted by Gasteiger charge is 2.29. The van der Waals surface area contributed by atoms with Crippen LogP contribution in [0.15, 0.2) is 42.5 Å². The molecule has 1 aliphatic heterocycles. The van der Waals surface area contributed by atoms with Gasteiger partial charge in [0.2, 0.25) is 5.91 Å². The molecule has 0 bridgehead atoms. The normalized spacial score (nSPS) is 16.5. The maximum atomic E-state index is 11.8. The van der Waals surface area contributed by atoms with Crippen LogP contribution in [0.3, 0.4) is 0 Å². The number of fused-ring (bicyclic) bond motifs is 1. The SMILES string of the molecule is CNC1C(=O)Nc2cc(OCc3ccccc3Cl)ccc21. The van der Waals surface area contributed by atoms with Gasteiger partial charge in [-0.2, -0.15) is 0 Å². The van der Waals surface area contributed by atoms with Crippen molar-refractivity contribution in [2.45, 2.75) is 12.6 Å². The summed E-state index contributed by atoms with van der Waals surface area (Å²) in [4.78, 5) is 11.8. The Morgan fingerprint density at radius 2 is 2.10 bits per heavy atom. The summed E-state index contributed by atoms with van der Waals surface area (Å²) in [5.74, 6) is 0.654. The van der Waals surface area contributed by atoms with Gasteiger partial charge in [0.1, 0.15) is 18.4 Å². The van der Waals surface area contributed by atoms with E-state index in [0.29, 0.717) is 17.4 Å². The molecule has 21 heavy (non-hydrogen) atoms. The van der Waals surface area contributed by atoms with Crippen molar-refractivity contribution in [3.8, 4) is 5.75 Å². The summed E-state index contributed by atoms with van der Waals surface area (Å²) in [6.07, 6.45) is 0. The molecule has 1 unspecified atom stereocenters. The summed E-state index contributed by atoms with van der Waals surface area (Å²) >= 11 is 6.10. The maximum Gasteiger partial charge on any atom is 0.246 e. The summed E-state index contributed by atoms with van der Waals surface area (Å²) in [7, 11) is 1.77. The number of ether oxygens (including phenoxy) is 1. The molecule has 5 heteroatoms. The van der Waals surface area contributed by atoms with Gasteiger partial charge >= 0.3 is 0 Å². The van der Waals surface area contributed by atoms with Crippen LogP contribution in [-0.4, -0.2) is 13.0 Å². The van der Waals surface area contributed by atoms with Crippen molar-refractivity contribution in [2.75, 3.05) is 12.4 Å². The molecule has 2 aromatic carbocycles. The van der Waals surface area contributed by atoms with Crippen LogP contribution in [0.5, 0.6) is 5.75 Å². The highest BCUT2D eigenvalue weighted by molar-refractivity contribution is 6.31. The summed E-state index contributed by atoms with van der Waals surface area (Å²) < 4.78 is 5.75. The summed E-state index contributed by atoms with van der Waals surface area (Å²) in [5.41, 5.74) is 2.65. The molecule has 2 N–H and O–H groups in total. The highest BCUT2D eigenvalue weighted by Crippen LogP contribution is 2.33. The number of hydrogen-bond acceptors (Lipinski definition) is 3. The van der Waals surface area contributed by atoms with Gasteiger partial charge in [0.05, 0.1) is 0 Å². The number of halogens is 1. The molecule has 3 rings (SSSR count). The van der Waals surface area contributed by atoms with Gasteiger partial charge in [-0.1, -0.05) is 35.9 Å². The average molecular weight is 303 g/mol. The van der Waals surface area contributed by atoms with E-state index in [1.165, 1.54) is 0 Å². The van der Waals surface area contributed by atoms with Crippen LogP contribution in [0, 0.1) is 0 Å². The second-order valence-corrected chi connectivity index (χ2v) is 5.25. The summed E-state index contributed by atoms with van der Waals surface area (Å²) in [5, 5.41) is 6.51. The standard InChI is InChI=1S/C16H15ClN2O2/c1-18-15-12-7-6-11(8-14(12)19-16(15)20)21-9-10-4-2-3-5-13(10)17/h2-8,15,18H,9H2,1H3,(H,19,20). The molecule has 0 aliphatic carbocycles. The van der Waals surface area contributed by atoms with Crippen LogP contribution in [0.2, 0.25) is 5.02 Å². The molecular weight excluding hydrogens is 288 g/mol. The second kappa shape index (κ2) is 5.76. The topological polar surface area (TPSA) is 50.4 Å². The van der Waals surface area contributed by atoms with Crippen molar-refractivity contribution >= 4 is 23.2 Å². The smallest absolute Gasteiger partial charge is 0.246 e. The molecule has 4 nitrogen and oxygen atoms in total. The van der Waals surface area contributed by atoms with E-state index in [4.69, 9.17) is 16.3 Å². The quantitative estimate of drug-likeness (QED) is 0.912. The van der Waals surface area contributed by atoms with E-state index in [9.17, 15) is 4.79 Å². The van der Waals surface area contributed by atoms with Crippen molar-refractivity contribution in [3.63, 3.8) is 0 Å². The third-order valence-electron chi connectivity index (χ3n) is 3.50. The van der Waals surface area contributed by atoms with Crippen LogP contribution in [-0.2, 0) is 11.4 Å². The van der Waals surface area contributed by atoms with E-state index >= 15 is 0 Å². The fraction of sp³-hybridized carbons (Fsp3) is 0.188. The number of hydrogen-bond donors (Lipinski definition) is 2. The first-order chi connectivity index (χ1) is 10.2. The zero-order valence-electron chi connectivity index (χ0n) is 11.5. The van der Waals surface area contributed by atoms with E-state index in [1.54, 1.807) is 7.05 Å². The van der Waals surface area contributed by atoms with Gasteiger partial charge in [0.15, 0.2) is 0 Å². The second-order valence-electron chi connectivity index (χ2n) is 4.84. The minimum absolute atomic E-state index is 0.0456. The number of likely N-dealkylation sites (N-methyl/N-ethyl adjacent to an activating group) is 1. The third kappa shape index (κ3) is 2.73. The molecular formula is C16H15ClN2O2. The van der Waals surface area contributed by atoms with Gasteiger partial charge in [-0.15, -0.1) is 0 Å². The number of carbonyl (C=O) groups is 1. The number of amides is 1. The molecule has 1 atom stereocenters. The van der Waals surface area contributed by atoms with Crippen molar-refractivity contribution in [1.29, 1.82) is 0 Å². The number of nitrogens with one attached hydrogen (secondary N) is 2.